The molecule has 270 valence electrons. The van der Waals surface area contributed by atoms with Gasteiger partial charge in [-0.25, -0.2) is 0 Å². The van der Waals surface area contributed by atoms with Crippen molar-refractivity contribution in [1.82, 2.24) is 15.5 Å². The molecule has 3 N–H and O–H groups in total. The Kier molecular flexibility index (Phi) is 27.5. The van der Waals surface area contributed by atoms with Crippen LogP contribution in [-0.2, 0) is 0 Å². The van der Waals surface area contributed by atoms with E-state index in [4.69, 9.17) is 0 Å². The molecule has 48 heavy (non-hydrogen) atoms. The molecule has 0 amide bonds. The maximum Gasteiger partial charge on any atom is 0.150 e. The largest absolute Gasteiger partial charge is 0.384 e. The third-order valence-corrected chi connectivity index (χ3v) is 7.86. The van der Waals surface area contributed by atoms with E-state index in [1.54, 1.807) is 12.1 Å². The summed E-state index contributed by atoms with van der Waals surface area (Å²) in [5.74, 6) is 1.12. The molecule has 2 unspecified atom stereocenters. The molecule has 0 bridgehead atoms. The number of benzene rings is 1. The van der Waals surface area contributed by atoms with Crippen LogP contribution in [0.2, 0.25) is 0 Å². The highest BCUT2D eigenvalue weighted by molar-refractivity contribution is 5.87. The van der Waals surface area contributed by atoms with Gasteiger partial charge in [-0.2, -0.15) is 0 Å². The quantitative estimate of drug-likeness (QED) is 0.0782. The lowest BCUT2D eigenvalue weighted by molar-refractivity contribution is 0.112. The Morgan fingerprint density at radius 3 is 2.12 bits per heavy atom. The number of aliphatic imine (C=N–C) groups is 1. The second-order valence-corrected chi connectivity index (χ2v) is 12.2. The van der Waals surface area contributed by atoms with Crippen molar-refractivity contribution in [1.29, 1.82) is 0 Å². The first-order valence-corrected chi connectivity index (χ1v) is 18.0. The zero-order chi connectivity index (χ0) is 37.1. The maximum absolute atomic E-state index is 11.5. The predicted octanol–water partition coefficient (Wildman–Crippen LogP) is 11.1. The van der Waals surface area contributed by atoms with E-state index < -0.39 is 0 Å². The highest BCUT2D eigenvalue weighted by atomic mass is 16.1. The van der Waals surface area contributed by atoms with E-state index in [9.17, 15) is 4.79 Å². The normalized spacial score (nSPS) is 13.4. The van der Waals surface area contributed by atoms with Crippen molar-refractivity contribution < 1.29 is 4.79 Å². The van der Waals surface area contributed by atoms with Crippen LogP contribution >= 0.6 is 0 Å². The van der Waals surface area contributed by atoms with Crippen molar-refractivity contribution in [2.24, 2.45) is 16.8 Å². The van der Waals surface area contributed by atoms with Gasteiger partial charge >= 0.3 is 0 Å². The molecule has 0 fully saturated rings. The van der Waals surface area contributed by atoms with Crippen molar-refractivity contribution in [3.63, 3.8) is 0 Å². The van der Waals surface area contributed by atoms with Crippen LogP contribution < -0.4 is 16.0 Å². The van der Waals surface area contributed by atoms with Crippen LogP contribution in [0.5, 0.6) is 0 Å². The number of carbonyl (C=O) groups excluding carboxylic acids is 1. The van der Waals surface area contributed by atoms with Gasteiger partial charge in [-0.05, 0) is 89.0 Å². The number of dihydropyridines is 1. The monoisotopic (exact) mass is 662 g/mol. The van der Waals surface area contributed by atoms with E-state index in [1.165, 1.54) is 31.3 Å². The van der Waals surface area contributed by atoms with Gasteiger partial charge in [0, 0.05) is 47.9 Å². The first-order chi connectivity index (χ1) is 23.0. The summed E-state index contributed by atoms with van der Waals surface area (Å²) in [7, 11) is 4.35. The SMILES string of the molecule is C=C/C=C(/C)CC(C)CC(C)CNC1=C(CNc2cc(C=O)c(C=C)cc2N=C)C(=C)NC=C1.CC.CC.CCCC(CCC)N(C)C. The lowest BCUT2D eigenvalue weighted by Crippen LogP contribution is -2.28. The summed E-state index contributed by atoms with van der Waals surface area (Å²) in [6, 6.07) is 4.40. The third kappa shape index (κ3) is 18.1. The van der Waals surface area contributed by atoms with E-state index in [2.05, 4.69) is 107 Å². The van der Waals surface area contributed by atoms with Gasteiger partial charge in [0.2, 0.25) is 0 Å². The molecule has 0 aromatic heterocycles. The van der Waals surface area contributed by atoms with Gasteiger partial charge in [0.25, 0.3) is 0 Å². The summed E-state index contributed by atoms with van der Waals surface area (Å²) >= 11 is 0. The Bertz CT molecular complexity index is 1180. The van der Waals surface area contributed by atoms with Crippen LogP contribution in [-0.4, -0.2) is 51.1 Å². The Hall–Kier alpha value is -3.64. The number of nitrogens with one attached hydrogen (secondary N) is 3. The first kappa shape index (κ1) is 46.5. The van der Waals surface area contributed by atoms with Crippen molar-refractivity contribution in [2.45, 2.75) is 107 Å². The van der Waals surface area contributed by atoms with Gasteiger partial charge in [0.15, 0.2) is 6.29 Å². The van der Waals surface area contributed by atoms with Gasteiger partial charge in [-0.3, -0.25) is 9.79 Å². The third-order valence-electron chi connectivity index (χ3n) is 7.86. The molecule has 6 nitrogen and oxygen atoms in total. The predicted molar refractivity (Wildman–Crippen MR) is 218 cm³/mol. The van der Waals surface area contributed by atoms with Crippen molar-refractivity contribution >= 4 is 30.5 Å². The zero-order valence-electron chi connectivity index (χ0n) is 32.6. The standard InChI is InChI=1S/C29H38N4O.C9H21N.2C2H6/c1-8-10-20(3)13-21(4)14-22(5)17-32-27-11-12-31-23(6)26(27)18-33-29-16-25(19-34)24(9-2)15-28(29)30-7;1-5-7-9(8-6-2)10(3)4;2*1-2/h8-12,15-16,19,21-22,31-33H,1-2,6-7,13-14,17-18H2,3-5H3;9H,5-8H2,1-4H3;2*1-2H3/b20-10-;;;. The molecule has 2 atom stereocenters. The Morgan fingerprint density at radius 1 is 1.00 bits per heavy atom. The average molecular weight is 662 g/mol. The summed E-state index contributed by atoms with van der Waals surface area (Å²) in [5.41, 5.74) is 6.95. The number of allylic oxidation sites excluding steroid dienone is 4. The number of nitrogens with zero attached hydrogens (tertiary/aromatic N) is 2. The lowest BCUT2D eigenvalue weighted by atomic mass is 9.91. The summed E-state index contributed by atoms with van der Waals surface area (Å²) in [6.45, 7) is 36.0. The Labute approximate surface area is 296 Å². The van der Waals surface area contributed by atoms with E-state index in [0.29, 0.717) is 29.6 Å². The van der Waals surface area contributed by atoms with Crippen LogP contribution in [0, 0.1) is 11.8 Å². The second-order valence-electron chi connectivity index (χ2n) is 12.2. The van der Waals surface area contributed by atoms with E-state index in [1.807, 2.05) is 52.1 Å². The second kappa shape index (κ2) is 28.4. The fourth-order valence-electron chi connectivity index (χ4n) is 5.58. The fraction of sp³-hybridized carbons (Fsp3) is 0.524. The smallest absolute Gasteiger partial charge is 0.150 e. The van der Waals surface area contributed by atoms with Gasteiger partial charge in [-0.1, -0.05) is 112 Å². The summed E-state index contributed by atoms with van der Waals surface area (Å²) in [5, 5.41) is 10.2. The number of rotatable bonds is 19. The van der Waals surface area contributed by atoms with Gasteiger partial charge in [0.05, 0.1) is 11.4 Å². The van der Waals surface area contributed by atoms with E-state index >= 15 is 0 Å². The van der Waals surface area contributed by atoms with Crippen LogP contribution in [0.3, 0.4) is 0 Å². The van der Waals surface area contributed by atoms with Gasteiger partial charge < -0.3 is 20.9 Å². The topological polar surface area (TPSA) is 68.8 Å². The Balaban J connectivity index is 0. The number of hydrogen-bond acceptors (Lipinski definition) is 6. The molecule has 1 aromatic carbocycles. The zero-order valence-corrected chi connectivity index (χ0v) is 32.6. The summed E-state index contributed by atoms with van der Waals surface area (Å²) < 4.78 is 0. The van der Waals surface area contributed by atoms with Crippen molar-refractivity contribution in [3.05, 3.63) is 90.0 Å². The minimum Gasteiger partial charge on any atom is -0.384 e. The van der Waals surface area contributed by atoms with Crippen LogP contribution in [0.15, 0.2) is 83.8 Å². The summed E-state index contributed by atoms with van der Waals surface area (Å²) in [6.07, 6.45) is 17.9. The van der Waals surface area contributed by atoms with Gasteiger partial charge in [-0.15, -0.1) is 0 Å². The fourth-order valence-corrected chi connectivity index (χ4v) is 5.58. The maximum atomic E-state index is 11.5. The Morgan fingerprint density at radius 2 is 1.62 bits per heavy atom. The molecule has 0 saturated heterocycles. The number of aldehydes is 1. The minimum absolute atomic E-state index is 0.517. The molecule has 1 aliphatic heterocycles. The molecule has 0 aliphatic carbocycles. The molecule has 0 spiro atoms. The molecular weight excluding hydrogens is 590 g/mol. The van der Waals surface area contributed by atoms with E-state index in [-0.39, 0.29) is 0 Å². The molecule has 2 rings (SSSR count). The molecule has 1 heterocycles. The van der Waals surface area contributed by atoms with Gasteiger partial charge in [0.1, 0.15) is 0 Å². The number of anilines is 1. The summed E-state index contributed by atoms with van der Waals surface area (Å²) in [4.78, 5) is 17.9. The molecule has 1 aromatic rings. The molecule has 6 heteroatoms. The van der Waals surface area contributed by atoms with Crippen LogP contribution in [0.25, 0.3) is 6.08 Å². The number of hydrogen-bond donors (Lipinski definition) is 3. The highest BCUT2D eigenvalue weighted by Crippen LogP contribution is 2.30. The molecule has 1 aliphatic rings. The highest BCUT2D eigenvalue weighted by Gasteiger charge is 2.16. The molecule has 0 radical (unpaired) electrons. The van der Waals surface area contributed by atoms with E-state index in [0.717, 1.165) is 59.9 Å². The lowest BCUT2D eigenvalue weighted by Gasteiger charge is -2.24. The van der Waals surface area contributed by atoms with Crippen molar-refractivity contribution in [2.75, 3.05) is 32.5 Å². The number of carbonyl (C=O) groups is 1. The van der Waals surface area contributed by atoms with Crippen LogP contribution in [0.1, 0.15) is 117 Å². The van der Waals surface area contributed by atoms with Crippen LogP contribution in [0.4, 0.5) is 11.4 Å². The molecular formula is C42H71N5O. The average Bonchev–Trinajstić information content (AvgIpc) is 3.08. The first-order valence-electron chi connectivity index (χ1n) is 18.0. The van der Waals surface area contributed by atoms with Crippen molar-refractivity contribution in [3.8, 4) is 0 Å². The molecule has 0 saturated carbocycles. The minimum atomic E-state index is 0.517.